The van der Waals surface area contributed by atoms with Crippen LogP contribution >= 0.6 is 0 Å². The zero-order valence-electron chi connectivity index (χ0n) is 10.5. The number of rotatable bonds is 3. The second-order valence-electron chi connectivity index (χ2n) is 4.42. The van der Waals surface area contributed by atoms with Crippen molar-refractivity contribution in [2.45, 2.75) is 18.9 Å². The molecule has 1 unspecified atom stereocenters. The third-order valence-corrected chi connectivity index (χ3v) is 3.22. The first-order valence-electron chi connectivity index (χ1n) is 6.19. The number of nitrogens with zero attached hydrogens (tertiary/aromatic N) is 2. The first-order chi connectivity index (χ1) is 9.29. The van der Waals surface area contributed by atoms with Gasteiger partial charge in [-0.3, -0.25) is 0 Å². The highest BCUT2D eigenvalue weighted by atomic mass is 19.1. The Morgan fingerprint density at radius 2 is 2.37 bits per heavy atom. The number of methoxy groups -OCH3 is 1. The molecule has 0 aliphatic carbocycles. The largest absolute Gasteiger partial charge is 0.496 e. The van der Waals surface area contributed by atoms with Gasteiger partial charge in [-0.15, -0.1) is 0 Å². The zero-order chi connectivity index (χ0) is 13.2. The second kappa shape index (κ2) is 4.97. The predicted molar refractivity (Wildman–Crippen MR) is 66.2 cm³/mol. The number of aromatic nitrogens is 2. The first kappa shape index (κ1) is 12.1. The summed E-state index contributed by atoms with van der Waals surface area (Å²) in [5.41, 5.74) is 0.210. The van der Waals surface area contributed by atoms with E-state index in [1.165, 1.54) is 13.2 Å². The molecular weight excluding hydrogens is 249 g/mol. The molecule has 0 amide bonds. The smallest absolute Gasteiger partial charge is 0.264 e. The summed E-state index contributed by atoms with van der Waals surface area (Å²) in [4.78, 5) is 4.27. The molecule has 2 heterocycles. The fourth-order valence-electron chi connectivity index (χ4n) is 2.26. The molecule has 0 saturated carbocycles. The molecule has 0 spiro atoms. The maximum atomic E-state index is 13.9. The molecule has 1 fully saturated rings. The van der Waals surface area contributed by atoms with Crippen LogP contribution in [0.2, 0.25) is 0 Å². The Balaban J connectivity index is 1.98. The average molecular weight is 263 g/mol. The molecule has 1 N–H and O–H groups in total. The summed E-state index contributed by atoms with van der Waals surface area (Å²) in [5.74, 6) is 0.667. The van der Waals surface area contributed by atoms with Gasteiger partial charge < -0.3 is 14.6 Å². The normalized spacial score (nSPS) is 18.7. The zero-order valence-corrected chi connectivity index (χ0v) is 10.5. The molecule has 1 aromatic heterocycles. The maximum absolute atomic E-state index is 13.9. The SMILES string of the molecule is COc1cccc(F)c1-c1nc(C2CCCN2)no1. The first-order valence-corrected chi connectivity index (χ1v) is 6.19. The van der Waals surface area contributed by atoms with Crippen LogP contribution in [0.25, 0.3) is 11.5 Å². The Hall–Kier alpha value is -1.95. The Morgan fingerprint density at radius 3 is 3.11 bits per heavy atom. The Bertz CT molecular complexity index is 579. The summed E-state index contributed by atoms with van der Waals surface area (Å²) in [6.45, 7) is 0.942. The topological polar surface area (TPSA) is 60.2 Å². The van der Waals surface area contributed by atoms with Crippen molar-refractivity contribution < 1.29 is 13.7 Å². The van der Waals surface area contributed by atoms with Crippen molar-refractivity contribution in [3.05, 3.63) is 29.8 Å². The van der Waals surface area contributed by atoms with Crippen LogP contribution < -0.4 is 10.1 Å². The Morgan fingerprint density at radius 1 is 1.47 bits per heavy atom. The van der Waals surface area contributed by atoms with Gasteiger partial charge >= 0.3 is 0 Å². The van der Waals surface area contributed by atoms with E-state index in [1.807, 2.05) is 0 Å². The van der Waals surface area contributed by atoms with E-state index in [2.05, 4.69) is 15.5 Å². The number of benzene rings is 1. The van der Waals surface area contributed by atoms with E-state index in [0.29, 0.717) is 11.6 Å². The van der Waals surface area contributed by atoms with E-state index in [0.717, 1.165) is 19.4 Å². The van der Waals surface area contributed by atoms with Crippen LogP contribution in [0.3, 0.4) is 0 Å². The molecule has 1 aromatic carbocycles. The lowest BCUT2D eigenvalue weighted by Gasteiger charge is -2.05. The van der Waals surface area contributed by atoms with Gasteiger partial charge in [-0.2, -0.15) is 4.98 Å². The quantitative estimate of drug-likeness (QED) is 0.920. The summed E-state index contributed by atoms with van der Waals surface area (Å²) in [6, 6.07) is 4.68. The van der Waals surface area contributed by atoms with E-state index in [4.69, 9.17) is 9.26 Å². The van der Waals surface area contributed by atoms with Crippen LogP contribution in [-0.2, 0) is 0 Å². The summed E-state index contributed by atoms with van der Waals surface area (Å²) in [6.07, 6.45) is 2.05. The Kier molecular flexibility index (Phi) is 3.16. The number of hydrogen-bond acceptors (Lipinski definition) is 5. The van der Waals surface area contributed by atoms with Gasteiger partial charge in [0.15, 0.2) is 5.82 Å². The van der Waals surface area contributed by atoms with E-state index in [9.17, 15) is 4.39 Å². The standard InChI is InChI=1S/C13H14FN3O2/c1-18-10-6-2-4-8(14)11(10)13-16-12(17-19-13)9-5-3-7-15-9/h2,4,6,9,15H,3,5,7H2,1H3. The highest BCUT2D eigenvalue weighted by Crippen LogP contribution is 2.32. The molecule has 2 aromatic rings. The van der Waals surface area contributed by atoms with E-state index < -0.39 is 5.82 Å². The maximum Gasteiger partial charge on any atom is 0.264 e. The molecule has 19 heavy (non-hydrogen) atoms. The van der Waals surface area contributed by atoms with Crippen molar-refractivity contribution in [1.29, 1.82) is 0 Å². The van der Waals surface area contributed by atoms with Crippen LogP contribution in [0.1, 0.15) is 24.7 Å². The van der Waals surface area contributed by atoms with Crippen molar-refractivity contribution in [2.24, 2.45) is 0 Å². The summed E-state index contributed by atoms with van der Waals surface area (Å²) in [7, 11) is 1.48. The minimum absolute atomic E-state index is 0.0928. The van der Waals surface area contributed by atoms with Crippen molar-refractivity contribution in [3.8, 4) is 17.2 Å². The van der Waals surface area contributed by atoms with Gasteiger partial charge in [0.25, 0.3) is 5.89 Å². The molecule has 0 radical (unpaired) electrons. The van der Waals surface area contributed by atoms with Crippen LogP contribution in [0.4, 0.5) is 4.39 Å². The van der Waals surface area contributed by atoms with Gasteiger partial charge in [-0.05, 0) is 31.5 Å². The van der Waals surface area contributed by atoms with Crippen molar-refractivity contribution in [2.75, 3.05) is 13.7 Å². The van der Waals surface area contributed by atoms with Crippen LogP contribution in [-0.4, -0.2) is 23.8 Å². The summed E-state index contributed by atoms with van der Waals surface area (Å²) in [5, 5.41) is 7.19. The third kappa shape index (κ3) is 2.19. The number of hydrogen-bond donors (Lipinski definition) is 1. The van der Waals surface area contributed by atoms with E-state index in [1.54, 1.807) is 12.1 Å². The number of nitrogens with one attached hydrogen (secondary N) is 1. The minimum atomic E-state index is -0.436. The van der Waals surface area contributed by atoms with Crippen LogP contribution in [0, 0.1) is 5.82 Å². The fourth-order valence-corrected chi connectivity index (χ4v) is 2.26. The number of ether oxygens (including phenoxy) is 1. The van der Waals surface area contributed by atoms with Gasteiger partial charge in [-0.25, -0.2) is 4.39 Å². The van der Waals surface area contributed by atoms with E-state index >= 15 is 0 Å². The number of halogens is 1. The molecular formula is C13H14FN3O2. The fraction of sp³-hybridized carbons (Fsp3) is 0.385. The molecule has 3 rings (SSSR count). The highest BCUT2D eigenvalue weighted by Gasteiger charge is 2.24. The van der Waals surface area contributed by atoms with Crippen LogP contribution in [0.5, 0.6) is 5.75 Å². The van der Waals surface area contributed by atoms with Crippen LogP contribution in [0.15, 0.2) is 22.7 Å². The second-order valence-corrected chi connectivity index (χ2v) is 4.42. The molecule has 6 heteroatoms. The molecule has 1 aliphatic heterocycles. The summed E-state index contributed by atoms with van der Waals surface area (Å²) < 4.78 is 24.2. The predicted octanol–water partition coefficient (Wildman–Crippen LogP) is 2.31. The van der Waals surface area contributed by atoms with Gasteiger partial charge in [0.05, 0.1) is 13.2 Å². The Labute approximate surface area is 109 Å². The van der Waals surface area contributed by atoms with Crippen molar-refractivity contribution in [1.82, 2.24) is 15.5 Å². The lowest BCUT2D eigenvalue weighted by Crippen LogP contribution is -2.14. The summed E-state index contributed by atoms with van der Waals surface area (Å²) >= 11 is 0. The van der Waals surface area contributed by atoms with Crippen molar-refractivity contribution in [3.63, 3.8) is 0 Å². The molecule has 1 atom stereocenters. The lowest BCUT2D eigenvalue weighted by molar-refractivity contribution is 0.394. The van der Waals surface area contributed by atoms with E-state index in [-0.39, 0.29) is 17.5 Å². The molecule has 0 bridgehead atoms. The molecule has 5 nitrogen and oxygen atoms in total. The molecule has 1 aliphatic rings. The monoisotopic (exact) mass is 263 g/mol. The van der Waals surface area contributed by atoms with Crippen molar-refractivity contribution >= 4 is 0 Å². The molecule has 1 saturated heterocycles. The van der Waals surface area contributed by atoms with Gasteiger partial charge in [0.1, 0.15) is 17.1 Å². The van der Waals surface area contributed by atoms with Gasteiger partial charge in [0, 0.05) is 0 Å². The molecule has 100 valence electrons. The highest BCUT2D eigenvalue weighted by molar-refractivity contribution is 5.63. The van der Waals surface area contributed by atoms with Gasteiger partial charge in [-0.1, -0.05) is 11.2 Å². The lowest BCUT2D eigenvalue weighted by atomic mass is 10.2. The van der Waals surface area contributed by atoms with Gasteiger partial charge in [0.2, 0.25) is 0 Å². The average Bonchev–Trinajstić information content (AvgIpc) is 3.08. The minimum Gasteiger partial charge on any atom is -0.496 e. The third-order valence-electron chi connectivity index (χ3n) is 3.22.